The molecule has 0 radical (unpaired) electrons. The Hall–Kier alpha value is -3.58. The molecule has 1 fully saturated rings. The van der Waals surface area contributed by atoms with Crippen LogP contribution in [0.25, 0.3) is 17.2 Å². The van der Waals surface area contributed by atoms with Gasteiger partial charge in [0.2, 0.25) is 5.91 Å². The Kier molecular flexibility index (Phi) is 13.3. The van der Waals surface area contributed by atoms with Gasteiger partial charge in [0, 0.05) is 48.4 Å². The van der Waals surface area contributed by atoms with Crippen molar-refractivity contribution in [2.45, 2.75) is 63.6 Å². The highest BCUT2D eigenvalue weighted by atomic mass is 32.2. The molecule has 2 aromatic carbocycles. The van der Waals surface area contributed by atoms with Gasteiger partial charge in [-0.2, -0.15) is 0 Å². The van der Waals surface area contributed by atoms with Gasteiger partial charge in [-0.15, -0.1) is 0 Å². The van der Waals surface area contributed by atoms with Crippen LogP contribution in [-0.2, 0) is 28.7 Å². The highest BCUT2D eigenvalue weighted by Gasteiger charge is 2.23. The summed E-state index contributed by atoms with van der Waals surface area (Å²) in [5.41, 5.74) is 3.34. The molecule has 4 rings (SSSR count). The molecule has 2 aliphatic rings. The van der Waals surface area contributed by atoms with Gasteiger partial charge in [0.15, 0.2) is 6.29 Å². The van der Waals surface area contributed by atoms with E-state index in [4.69, 9.17) is 14.2 Å². The fourth-order valence-corrected chi connectivity index (χ4v) is 6.63. The van der Waals surface area contributed by atoms with Gasteiger partial charge < -0.3 is 24.2 Å². The van der Waals surface area contributed by atoms with Crippen LogP contribution < -0.4 is 5.32 Å². The van der Waals surface area contributed by atoms with Crippen LogP contribution >= 0.6 is 0 Å². The molecule has 2 aromatic rings. The largest absolute Gasteiger partial charge is 0.465 e. The summed E-state index contributed by atoms with van der Waals surface area (Å²) in [6.07, 6.45) is 6.83. The number of rotatable bonds is 14. The first-order chi connectivity index (χ1) is 22.2. The Morgan fingerprint density at radius 2 is 1.87 bits per heavy atom. The average molecular weight is 655 g/mol. The number of nitrogens with one attached hydrogen (secondary N) is 1. The standard InChI is InChI=1S/C34H46N4O7S/c1-4-15-38(16-5-2)33(39)28-21-27-13-12-26(23-30(27)36-31(24-28)37-34(40)41)25-9-8-10-29(22-25)46(3,42)35-14-18-43-19-20-45-32-11-6-7-17-44-32/h8-10,12-13,21-23,32H,4-7,11,14-20,24H2,1-3H3,(H,36,37)(H,40,41). The number of amidine groups is 1. The average Bonchev–Trinajstić information content (AvgIpc) is 3.22. The van der Waals surface area contributed by atoms with E-state index < -0.39 is 15.8 Å². The number of amides is 2. The van der Waals surface area contributed by atoms with Crippen LogP contribution in [0.1, 0.15) is 57.9 Å². The minimum Gasteiger partial charge on any atom is -0.465 e. The number of benzene rings is 2. The summed E-state index contributed by atoms with van der Waals surface area (Å²) < 4.78 is 34.8. The maximum atomic E-state index is 13.5. The van der Waals surface area contributed by atoms with E-state index in [0.717, 1.165) is 49.8 Å². The second-order valence-corrected chi connectivity index (χ2v) is 13.7. The lowest BCUT2D eigenvalue weighted by atomic mass is 10.0. The summed E-state index contributed by atoms with van der Waals surface area (Å²) in [7, 11) is -2.69. The SMILES string of the molecule is CCCN(CCC)C(=O)C1=Cc2ccc(-c3cccc(S(C)(=O)=NCCOCCOC4CCCCO4)c3)cc2N=C(NC(=O)O)C1. The molecule has 1 saturated heterocycles. The third-order valence-corrected chi connectivity index (χ3v) is 9.42. The topological polar surface area (TPSA) is 139 Å². The first kappa shape index (κ1) is 35.3. The number of carboxylic acid groups (broad SMARTS) is 1. The Labute approximate surface area is 272 Å². The smallest absolute Gasteiger partial charge is 0.410 e. The van der Waals surface area contributed by atoms with Crippen molar-refractivity contribution in [2.75, 3.05) is 52.3 Å². The Morgan fingerprint density at radius 1 is 1.09 bits per heavy atom. The van der Waals surface area contributed by atoms with Crippen molar-refractivity contribution >= 4 is 39.3 Å². The van der Waals surface area contributed by atoms with Crippen LogP contribution in [0.5, 0.6) is 0 Å². The number of nitrogens with zero attached hydrogens (tertiary/aromatic N) is 3. The van der Waals surface area contributed by atoms with Crippen LogP contribution in [0.2, 0.25) is 0 Å². The van der Waals surface area contributed by atoms with Crippen molar-refractivity contribution in [1.29, 1.82) is 0 Å². The van der Waals surface area contributed by atoms with Crippen molar-refractivity contribution in [1.82, 2.24) is 10.2 Å². The molecule has 0 spiro atoms. The van der Waals surface area contributed by atoms with Crippen molar-refractivity contribution in [3.8, 4) is 11.1 Å². The maximum Gasteiger partial charge on any atom is 0.410 e. The lowest BCUT2D eigenvalue weighted by Crippen LogP contribution is -2.36. The highest BCUT2D eigenvalue weighted by Crippen LogP contribution is 2.33. The lowest BCUT2D eigenvalue weighted by molar-refractivity contribution is -0.168. The number of hydrogen-bond acceptors (Lipinski definition) is 8. The maximum absolute atomic E-state index is 13.5. The van der Waals surface area contributed by atoms with Gasteiger partial charge in [0.05, 0.1) is 41.8 Å². The summed E-state index contributed by atoms with van der Waals surface area (Å²) in [5.74, 6) is 0.0543. The van der Waals surface area contributed by atoms with E-state index >= 15 is 0 Å². The summed E-state index contributed by atoms with van der Waals surface area (Å²) in [5, 5.41) is 11.8. The molecule has 2 N–H and O–H groups in total. The van der Waals surface area contributed by atoms with E-state index in [2.05, 4.69) is 14.7 Å². The molecule has 0 aliphatic carbocycles. The Balaban J connectivity index is 1.49. The molecule has 0 bridgehead atoms. The zero-order valence-electron chi connectivity index (χ0n) is 27.0. The van der Waals surface area contributed by atoms with E-state index in [1.165, 1.54) is 0 Å². The molecule has 2 aliphatic heterocycles. The van der Waals surface area contributed by atoms with Crippen LogP contribution in [0.4, 0.5) is 10.5 Å². The summed E-state index contributed by atoms with van der Waals surface area (Å²) >= 11 is 0. The molecular weight excluding hydrogens is 608 g/mol. The number of carbonyl (C=O) groups is 2. The molecule has 46 heavy (non-hydrogen) atoms. The monoisotopic (exact) mass is 654 g/mol. The quantitative estimate of drug-likeness (QED) is 0.235. The van der Waals surface area contributed by atoms with Gasteiger partial charge in [-0.1, -0.05) is 38.1 Å². The van der Waals surface area contributed by atoms with Crippen LogP contribution in [0, 0.1) is 0 Å². The third-order valence-electron chi connectivity index (χ3n) is 7.62. The second-order valence-electron chi connectivity index (χ2n) is 11.4. The molecule has 0 aromatic heterocycles. The van der Waals surface area contributed by atoms with Gasteiger partial charge >= 0.3 is 6.09 Å². The Bertz CT molecular complexity index is 1540. The summed E-state index contributed by atoms with van der Waals surface area (Å²) in [4.78, 5) is 32.0. The van der Waals surface area contributed by atoms with Gasteiger partial charge in [-0.3, -0.25) is 10.1 Å². The first-order valence-electron chi connectivity index (χ1n) is 16.0. The molecular formula is C34H46N4O7S. The van der Waals surface area contributed by atoms with Crippen molar-refractivity contribution < 1.29 is 33.1 Å². The summed E-state index contributed by atoms with van der Waals surface area (Å²) in [6.45, 7) is 7.50. The van der Waals surface area contributed by atoms with E-state index in [0.29, 0.717) is 54.6 Å². The molecule has 11 nitrogen and oxygen atoms in total. The van der Waals surface area contributed by atoms with Crippen LogP contribution in [-0.4, -0.2) is 90.7 Å². The van der Waals surface area contributed by atoms with E-state index in [-0.39, 0.29) is 31.0 Å². The molecule has 0 saturated carbocycles. The highest BCUT2D eigenvalue weighted by molar-refractivity contribution is 7.93. The fourth-order valence-electron chi connectivity index (χ4n) is 5.38. The molecule has 2 amide bonds. The molecule has 2 unspecified atom stereocenters. The first-order valence-corrected chi connectivity index (χ1v) is 17.9. The van der Waals surface area contributed by atoms with Crippen LogP contribution in [0.15, 0.2) is 62.3 Å². The molecule has 250 valence electrons. The third kappa shape index (κ3) is 10.2. The van der Waals surface area contributed by atoms with Gasteiger partial charge in [-0.25, -0.2) is 18.4 Å². The Morgan fingerprint density at radius 3 is 2.59 bits per heavy atom. The lowest BCUT2D eigenvalue weighted by Gasteiger charge is -2.23. The fraction of sp³-hybridized carbons (Fsp3) is 0.500. The second kappa shape index (κ2) is 17.4. The molecule has 2 atom stereocenters. The van der Waals surface area contributed by atoms with Crippen molar-refractivity contribution in [3.05, 3.63) is 53.6 Å². The van der Waals surface area contributed by atoms with Crippen molar-refractivity contribution in [2.24, 2.45) is 9.36 Å². The minimum absolute atomic E-state index is 0.0691. The zero-order valence-corrected chi connectivity index (χ0v) is 27.9. The predicted molar refractivity (Wildman–Crippen MR) is 180 cm³/mol. The predicted octanol–water partition coefficient (Wildman–Crippen LogP) is 6.10. The zero-order chi connectivity index (χ0) is 32.9. The number of carbonyl (C=O) groups excluding carboxylic acids is 1. The van der Waals surface area contributed by atoms with Crippen molar-refractivity contribution in [3.63, 3.8) is 0 Å². The number of aliphatic imine (C=N–C) groups is 1. The molecule has 12 heteroatoms. The number of fused-ring (bicyclic) bond motifs is 1. The molecule has 2 heterocycles. The normalized spacial score (nSPS) is 17.5. The van der Waals surface area contributed by atoms with E-state index in [9.17, 15) is 18.9 Å². The van der Waals surface area contributed by atoms with Gasteiger partial charge in [0.1, 0.15) is 5.84 Å². The number of hydrogen-bond donors (Lipinski definition) is 2. The summed E-state index contributed by atoms with van der Waals surface area (Å²) in [6, 6.07) is 13.0. The van der Waals surface area contributed by atoms with Gasteiger partial charge in [0.25, 0.3) is 0 Å². The number of ether oxygens (including phenoxy) is 3. The van der Waals surface area contributed by atoms with Crippen LogP contribution in [0.3, 0.4) is 0 Å². The minimum atomic E-state index is -2.69. The van der Waals surface area contributed by atoms with E-state index in [1.54, 1.807) is 23.3 Å². The van der Waals surface area contributed by atoms with E-state index in [1.807, 2.05) is 50.2 Å². The van der Waals surface area contributed by atoms with Gasteiger partial charge in [-0.05, 0) is 67.5 Å².